The van der Waals surface area contributed by atoms with Crippen molar-refractivity contribution in [2.75, 3.05) is 32.9 Å². The maximum atomic E-state index is 12.5. The Morgan fingerprint density at radius 1 is 1.38 bits per heavy atom. The number of unbranched alkanes of at least 4 members (excludes halogenated alkanes) is 2. The molecular weight excluding hydrogens is 307 g/mol. The van der Waals surface area contributed by atoms with Crippen LogP contribution >= 0.6 is 0 Å². The zero-order chi connectivity index (χ0) is 17.8. The molecule has 134 valence electrons. The molecule has 5 nitrogen and oxygen atoms in total. The Hall–Kier alpha value is -1.87. The van der Waals surface area contributed by atoms with Gasteiger partial charge in [0.15, 0.2) is 0 Å². The van der Waals surface area contributed by atoms with E-state index in [1.807, 2.05) is 11.0 Å². The monoisotopic (exact) mass is 336 g/mol. The first-order valence-electron chi connectivity index (χ1n) is 8.59. The third kappa shape index (κ3) is 8.11. The Morgan fingerprint density at radius 2 is 2.08 bits per heavy atom. The highest BCUT2D eigenvalue weighted by Gasteiger charge is 2.16. The van der Waals surface area contributed by atoms with E-state index in [9.17, 15) is 9.18 Å². The smallest absolute Gasteiger partial charge is 0.222 e. The van der Waals surface area contributed by atoms with Gasteiger partial charge in [0, 0.05) is 38.3 Å². The van der Waals surface area contributed by atoms with Gasteiger partial charge in [-0.1, -0.05) is 6.08 Å². The number of nitrogens with zero attached hydrogens (tertiary/aromatic N) is 2. The summed E-state index contributed by atoms with van der Waals surface area (Å²) in [5.41, 5.74) is -0.123. The SMILES string of the molecule is CC(C)(C#N)NC(/C=C\CCCCC(=O)N1CCNCC1)=C/CF. The predicted octanol–water partition coefficient (Wildman–Crippen LogP) is 2.28. The van der Waals surface area contributed by atoms with Crippen LogP contribution in [0.3, 0.4) is 0 Å². The Balaban J connectivity index is 2.26. The number of rotatable bonds is 9. The molecule has 0 saturated carbocycles. The van der Waals surface area contributed by atoms with Crippen LogP contribution in [0.25, 0.3) is 0 Å². The third-order valence-electron chi connectivity index (χ3n) is 3.81. The molecule has 1 fully saturated rings. The van der Waals surface area contributed by atoms with Crippen molar-refractivity contribution in [3.8, 4) is 6.07 Å². The minimum Gasteiger partial charge on any atom is -0.368 e. The van der Waals surface area contributed by atoms with Gasteiger partial charge in [-0.2, -0.15) is 5.26 Å². The quantitative estimate of drug-likeness (QED) is 0.501. The Labute approximate surface area is 144 Å². The van der Waals surface area contributed by atoms with Gasteiger partial charge >= 0.3 is 0 Å². The molecule has 1 aliphatic heterocycles. The second-order valence-corrected chi connectivity index (χ2v) is 6.45. The molecule has 0 aliphatic carbocycles. The number of carbonyl (C=O) groups is 1. The molecule has 0 aromatic heterocycles. The number of hydrogen-bond donors (Lipinski definition) is 2. The lowest BCUT2D eigenvalue weighted by Gasteiger charge is -2.27. The van der Waals surface area contributed by atoms with Crippen LogP contribution in [0.4, 0.5) is 4.39 Å². The molecule has 1 saturated heterocycles. The standard InChI is InChI=1S/C18H29FN4O/c1-18(2,15-20)22-16(9-10-19)7-5-3-4-6-8-17(24)23-13-11-21-12-14-23/h5,7,9,21-22H,3-4,6,8,10-14H2,1-2H3/b7-5-,16-9+. The van der Waals surface area contributed by atoms with Crippen LogP contribution in [-0.2, 0) is 4.79 Å². The van der Waals surface area contributed by atoms with Crippen molar-refractivity contribution in [1.82, 2.24) is 15.5 Å². The molecule has 0 radical (unpaired) electrons. The minimum atomic E-state index is -0.735. The summed E-state index contributed by atoms with van der Waals surface area (Å²) in [7, 11) is 0. The number of alkyl halides is 1. The fraction of sp³-hybridized carbons (Fsp3) is 0.667. The fourth-order valence-electron chi connectivity index (χ4n) is 2.45. The first-order valence-corrected chi connectivity index (χ1v) is 8.59. The molecule has 2 N–H and O–H groups in total. The van der Waals surface area contributed by atoms with Crippen molar-refractivity contribution >= 4 is 5.91 Å². The van der Waals surface area contributed by atoms with Crippen molar-refractivity contribution < 1.29 is 9.18 Å². The normalized spacial score (nSPS) is 16.2. The van der Waals surface area contributed by atoms with E-state index in [2.05, 4.69) is 16.7 Å². The highest BCUT2D eigenvalue weighted by Crippen LogP contribution is 2.08. The van der Waals surface area contributed by atoms with E-state index in [0.29, 0.717) is 12.1 Å². The molecule has 1 heterocycles. The van der Waals surface area contributed by atoms with Gasteiger partial charge in [-0.25, -0.2) is 4.39 Å². The molecule has 0 bridgehead atoms. The summed E-state index contributed by atoms with van der Waals surface area (Å²) in [5.74, 6) is 0.232. The summed E-state index contributed by atoms with van der Waals surface area (Å²) in [6, 6.07) is 2.13. The molecule has 1 amide bonds. The number of halogens is 1. The summed E-state index contributed by atoms with van der Waals surface area (Å²) in [6.45, 7) is 6.28. The van der Waals surface area contributed by atoms with E-state index in [1.54, 1.807) is 19.9 Å². The summed E-state index contributed by atoms with van der Waals surface area (Å²) in [6.07, 6.45) is 8.36. The Bertz CT molecular complexity index is 488. The lowest BCUT2D eigenvalue weighted by atomic mass is 10.1. The number of piperazine rings is 1. The van der Waals surface area contributed by atoms with Crippen LogP contribution in [0, 0.1) is 11.3 Å². The molecule has 0 spiro atoms. The van der Waals surface area contributed by atoms with Gasteiger partial charge in [-0.3, -0.25) is 4.79 Å². The van der Waals surface area contributed by atoms with Crippen molar-refractivity contribution in [3.63, 3.8) is 0 Å². The largest absolute Gasteiger partial charge is 0.368 e. The van der Waals surface area contributed by atoms with Gasteiger partial charge in [-0.05, 0) is 45.3 Å². The predicted molar refractivity (Wildman–Crippen MR) is 93.9 cm³/mol. The second-order valence-electron chi connectivity index (χ2n) is 6.45. The molecule has 6 heteroatoms. The number of nitriles is 1. The maximum Gasteiger partial charge on any atom is 0.222 e. The van der Waals surface area contributed by atoms with Gasteiger partial charge in [0.1, 0.15) is 12.2 Å². The molecule has 0 aromatic carbocycles. The zero-order valence-corrected chi connectivity index (χ0v) is 14.8. The zero-order valence-electron chi connectivity index (χ0n) is 14.8. The fourth-order valence-corrected chi connectivity index (χ4v) is 2.45. The van der Waals surface area contributed by atoms with E-state index >= 15 is 0 Å². The van der Waals surface area contributed by atoms with Gasteiger partial charge in [-0.15, -0.1) is 0 Å². The summed E-state index contributed by atoms with van der Waals surface area (Å²) >= 11 is 0. The van der Waals surface area contributed by atoms with E-state index in [1.165, 1.54) is 6.08 Å². The summed E-state index contributed by atoms with van der Waals surface area (Å²) in [4.78, 5) is 13.9. The highest BCUT2D eigenvalue weighted by molar-refractivity contribution is 5.76. The van der Waals surface area contributed by atoms with E-state index in [-0.39, 0.29) is 5.91 Å². The first-order chi connectivity index (χ1) is 11.5. The third-order valence-corrected chi connectivity index (χ3v) is 3.81. The van der Waals surface area contributed by atoms with Gasteiger partial charge in [0.25, 0.3) is 0 Å². The second kappa shape index (κ2) is 10.8. The van der Waals surface area contributed by atoms with Crippen molar-refractivity contribution in [2.45, 2.75) is 45.1 Å². The van der Waals surface area contributed by atoms with Crippen LogP contribution in [-0.4, -0.2) is 49.2 Å². The van der Waals surface area contributed by atoms with E-state index in [0.717, 1.165) is 45.4 Å². The molecule has 0 unspecified atom stereocenters. The van der Waals surface area contributed by atoms with Gasteiger partial charge in [0.05, 0.1) is 6.07 Å². The van der Waals surface area contributed by atoms with E-state index < -0.39 is 12.2 Å². The maximum absolute atomic E-state index is 12.5. The topological polar surface area (TPSA) is 68.2 Å². The van der Waals surface area contributed by atoms with Crippen molar-refractivity contribution in [1.29, 1.82) is 5.26 Å². The number of carbonyl (C=O) groups excluding carboxylic acids is 1. The first kappa shape index (κ1) is 20.2. The molecule has 24 heavy (non-hydrogen) atoms. The molecule has 1 aliphatic rings. The summed E-state index contributed by atoms with van der Waals surface area (Å²) in [5, 5.41) is 15.3. The molecule has 0 aromatic rings. The number of amides is 1. The number of nitrogens with one attached hydrogen (secondary N) is 2. The summed E-state index contributed by atoms with van der Waals surface area (Å²) < 4.78 is 12.5. The molecule has 0 atom stereocenters. The van der Waals surface area contributed by atoms with Crippen molar-refractivity contribution in [3.05, 3.63) is 23.9 Å². The highest BCUT2D eigenvalue weighted by atomic mass is 19.1. The average Bonchev–Trinajstić information content (AvgIpc) is 2.58. The van der Waals surface area contributed by atoms with Crippen LogP contribution in [0.5, 0.6) is 0 Å². The average molecular weight is 336 g/mol. The number of allylic oxidation sites excluding steroid dienone is 3. The lowest BCUT2D eigenvalue weighted by Crippen LogP contribution is -2.46. The van der Waals surface area contributed by atoms with Gasteiger partial charge < -0.3 is 15.5 Å². The minimum absolute atomic E-state index is 0.232. The lowest BCUT2D eigenvalue weighted by molar-refractivity contribution is -0.131. The van der Waals surface area contributed by atoms with Gasteiger partial charge in [0.2, 0.25) is 5.91 Å². The molecular formula is C18H29FN4O. The van der Waals surface area contributed by atoms with E-state index in [4.69, 9.17) is 5.26 Å². The molecule has 1 rings (SSSR count). The Morgan fingerprint density at radius 3 is 2.71 bits per heavy atom. The van der Waals surface area contributed by atoms with Crippen molar-refractivity contribution in [2.24, 2.45) is 0 Å². The van der Waals surface area contributed by atoms with Crippen LogP contribution in [0.2, 0.25) is 0 Å². The number of hydrogen-bond acceptors (Lipinski definition) is 4. The van der Waals surface area contributed by atoms with Crippen LogP contribution < -0.4 is 10.6 Å². The Kier molecular flexibility index (Phi) is 9.10. The van der Waals surface area contributed by atoms with Crippen LogP contribution in [0.1, 0.15) is 39.5 Å². The van der Waals surface area contributed by atoms with Crippen LogP contribution in [0.15, 0.2) is 23.9 Å².